The molecule has 1 aromatic carbocycles. The van der Waals surface area contributed by atoms with Crippen molar-refractivity contribution in [3.8, 4) is 0 Å². The number of halogens is 2. The van der Waals surface area contributed by atoms with E-state index in [-0.39, 0.29) is 11.7 Å². The number of alkyl halides is 1. The number of ketones is 1. The lowest BCUT2D eigenvalue weighted by Crippen LogP contribution is -2.01. The smallest absolute Gasteiger partial charge is 0.178 e. The minimum Gasteiger partial charge on any atom is -0.293 e. The van der Waals surface area contributed by atoms with E-state index in [0.717, 1.165) is 4.90 Å². The minimum atomic E-state index is -0.0893. The normalized spacial score (nSPS) is 10.1. The molecule has 0 saturated carbocycles. The van der Waals surface area contributed by atoms with Gasteiger partial charge in [-0.2, -0.15) is 0 Å². The second kappa shape index (κ2) is 4.89. The van der Waals surface area contributed by atoms with Crippen molar-refractivity contribution < 1.29 is 4.79 Å². The van der Waals surface area contributed by atoms with E-state index in [2.05, 4.69) is 0 Å². The molecule has 0 fully saturated rings. The summed E-state index contributed by atoms with van der Waals surface area (Å²) in [6.07, 6.45) is 1.91. The van der Waals surface area contributed by atoms with E-state index < -0.39 is 0 Å². The van der Waals surface area contributed by atoms with Crippen molar-refractivity contribution in [1.82, 2.24) is 0 Å². The molecule has 0 amide bonds. The number of Topliss-reactive ketones (excluding diaryl/α,β-unsaturated/α-hetero) is 1. The monoisotopic (exact) mass is 234 g/mol. The summed E-state index contributed by atoms with van der Waals surface area (Å²) in [5.74, 6) is -0.0954. The van der Waals surface area contributed by atoms with Gasteiger partial charge in [0.15, 0.2) is 5.78 Å². The van der Waals surface area contributed by atoms with E-state index in [1.54, 1.807) is 12.1 Å². The van der Waals surface area contributed by atoms with Gasteiger partial charge in [0.25, 0.3) is 0 Å². The van der Waals surface area contributed by atoms with Gasteiger partial charge in [0.1, 0.15) is 0 Å². The lowest BCUT2D eigenvalue weighted by Gasteiger charge is -2.04. The number of hydrogen-bond donors (Lipinski definition) is 0. The Hall–Kier alpha value is -0.180. The summed E-state index contributed by atoms with van der Waals surface area (Å²) in [6, 6.07) is 5.24. The summed E-state index contributed by atoms with van der Waals surface area (Å²) < 4.78 is 0. The van der Waals surface area contributed by atoms with Crippen molar-refractivity contribution in [3.63, 3.8) is 0 Å². The molecule has 0 spiro atoms. The van der Waals surface area contributed by atoms with Crippen LogP contribution in [0.1, 0.15) is 10.4 Å². The maximum absolute atomic E-state index is 11.3. The van der Waals surface area contributed by atoms with Gasteiger partial charge in [0.05, 0.1) is 5.88 Å². The van der Waals surface area contributed by atoms with Crippen LogP contribution >= 0.6 is 35.0 Å². The van der Waals surface area contributed by atoms with Crippen LogP contribution in [0.5, 0.6) is 0 Å². The molecule has 0 saturated heterocycles. The van der Waals surface area contributed by atoms with Gasteiger partial charge in [-0.15, -0.1) is 23.4 Å². The maximum Gasteiger partial charge on any atom is 0.178 e. The maximum atomic E-state index is 11.3. The number of rotatable bonds is 3. The number of benzene rings is 1. The van der Waals surface area contributed by atoms with E-state index in [9.17, 15) is 4.79 Å². The molecule has 0 heterocycles. The fourth-order valence-electron chi connectivity index (χ4n) is 0.970. The van der Waals surface area contributed by atoms with Crippen LogP contribution in [0.3, 0.4) is 0 Å². The molecule has 1 rings (SSSR count). The SMILES string of the molecule is CSc1ccc(Cl)cc1C(=O)CCl. The molecule has 0 aromatic heterocycles. The van der Waals surface area contributed by atoms with Gasteiger partial charge in [-0.25, -0.2) is 0 Å². The average Bonchev–Trinajstić information content (AvgIpc) is 2.16. The fraction of sp³-hybridized carbons (Fsp3) is 0.222. The van der Waals surface area contributed by atoms with E-state index >= 15 is 0 Å². The van der Waals surface area contributed by atoms with Crippen LogP contribution in [0.15, 0.2) is 23.1 Å². The van der Waals surface area contributed by atoms with E-state index in [1.165, 1.54) is 11.8 Å². The van der Waals surface area contributed by atoms with Gasteiger partial charge in [-0.05, 0) is 24.5 Å². The first-order valence-corrected chi connectivity index (χ1v) is 5.75. The molecule has 0 aliphatic heterocycles. The minimum absolute atomic E-state index is 0.00605. The van der Waals surface area contributed by atoms with Crippen molar-refractivity contribution in [3.05, 3.63) is 28.8 Å². The Morgan fingerprint density at radius 2 is 2.23 bits per heavy atom. The second-order valence-electron chi connectivity index (χ2n) is 2.40. The molecule has 0 N–H and O–H groups in total. The second-order valence-corrected chi connectivity index (χ2v) is 3.95. The number of thioether (sulfide) groups is 1. The van der Waals surface area contributed by atoms with Gasteiger partial charge < -0.3 is 0 Å². The topological polar surface area (TPSA) is 17.1 Å². The molecule has 70 valence electrons. The predicted molar refractivity (Wildman–Crippen MR) is 58.3 cm³/mol. The van der Waals surface area contributed by atoms with Crippen molar-refractivity contribution in [2.24, 2.45) is 0 Å². The highest BCUT2D eigenvalue weighted by atomic mass is 35.5. The zero-order valence-corrected chi connectivity index (χ0v) is 9.34. The van der Waals surface area contributed by atoms with Crippen LogP contribution in [0.2, 0.25) is 5.02 Å². The molecule has 0 aliphatic carbocycles. The Balaban J connectivity index is 3.15. The zero-order chi connectivity index (χ0) is 9.84. The molecule has 4 heteroatoms. The highest BCUT2D eigenvalue weighted by Crippen LogP contribution is 2.24. The van der Waals surface area contributed by atoms with Gasteiger partial charge in [0, 0.05) is 15.5 Å². The van der Waals surface area contributed by atoms with Crippen molar-refractivity contribution >= 4 is 40.7 Å². The Kier molecular flexibility index (Phi) is 4.10. The average molecular weight is 235 g/mol. The van der Waals surface area contributed by atoms with Crippen molar-refractivity contribution in [2.75, 3.05) is 12.1 Å². The number of carbonyl (C=O) groups excluding carboxylic acids is 1. The molecular weight excluding hydrogens is 227 g/mol. The standard InChI is InChI=1S/C9H8Cl2OS/c1-13-9-3-2-6(11)4-7(9)8(12)5-10/h2-4H,5H2,1H3. The molecule has 0 atom stereocenters. The van der Waals surface area contributed by atoms with Crippen LogP contribution in [0, 0.1) is 0 Å². The van der Waals surface area contributed by atoms with Crippen molar-refractivity contribution in [1.29, 1.82) is 0 Å². The van der Waals surface area contributed by atoms with E-state index in [0.29, 0.717) is 10.6 Å². The largest absolute Gasteiger partial charge is 0.293 e. The fourth-order valence-corrected chi connectivity index (χ4v) is 1.88. The summed E-state index contributed by atoms with van der Waals surface area (Å²) in [4.78, 5) is 12.3. The van der Waals surface area contributed by atoms with Crippen LogP contribution in [-0.2, 0) is 0 Å². The van der Waals surface area contributed by atoms with Crippen LogP contribution in [0.4, 0.5) is 0 Å². The van der Waals surface area contributed by atoms with Crippen LogP contribution in [0.25, 0.3) is 0 Å². The summed E-state index contributed by atoms with van der Waals surface area (Å²) in [5.41, 5.74) is 0.606. The van der Waals surface area contributed by atoms with Crippen LogP contribution < -0.4 is 0 Å². The quantitative estimate of drug-likeness (QED) is 0.453. The molecule has 1 nitrogen and oxygen atoms in total. The lowest BCUT2D eigenvalue weighted by molar-refractivity contribution is 0.101. The zero-order valence-electron chi connectivity index (χ0n) is 7.01. The van der Waals surface area contributed by atoms with Gasteiger partial charge >= 0.3 is 0 Å². The first-order chi connectivity index (χ1) is 6.19. The Labute approximate surface area is 91.4 Å². The molecule has 0 bridgehead atoms. The van der Waals surface area contributed by atoms with E-state index in [4.69, 9.17) is 23.2 Å². The van der Waals surface area contributed by atoms with Gasteiger partial charge in [-0.1, -0.05) is 11.6 Å². The highest BCUT2D eigenvalue weighted by molar-refractivity contribution is 7.98. The summed E-state index contributed by atoms with van der Waals surface area (Å²) in [6.45, 7) is 0. The number of carbonyl (C=O) groups is 1. The molecule has 13 heavy (non-hydrogen) atoms. The Bertz CT molecular complexity index is 325. The third-order valence-electron chi connectivity index (χ3n) is 1.58. The van der Waals surface area contributed by atoms with Gasteiger partial charge in [0.2, 0.25) is 0 Å². The summed E-state index contributed by atoms with van der Waals surface area (Å²) in [5, 5.41) is 0.561. The lowest BCUT2D eigenvalue weighted by atomic mass is 10.1. The van der Waals surface area contributed by atoms with Gasteiger partial charge in [-0.3, -0.25) is 4.79 Å². The third-order valence-corrected chi connectivity index (χ3v) is 2.86. The third kappa shape index (κ3) is 2.63. The van der Waals surface area contributed by atoms with E-state index in [1.807, 2.05) is 12.3 Å². The Morgan fingerprint density at radius 3 is 2.77 bits per heavy atom. The molecule has 1 aromatic rings. The van der Waals surface area contributed by atoms with Crippen molar-refractivity contribution in [2.45, 2.75) is 4.90 Å². The molecule has 0 unspecified atom stereocenters. The summed E-state index contributed by atoms with van der Waals surface area (Å²) in [7, 11) is 0. The first kappa shape index (κ1) is 10.9. The number of hydrogen-bond acceptors (Lipinski definition) is 2. The Morgan fingerprint density at radius 1 is 1.54 bits per heavy atom. The molecule has 0 aliphatic rings. The highest BCUT2D eigenvalue weighted by Gasteiger charge is 2.09. The predicted octanol–water partition coefficient (Wildman–Crippen LogP) is 3.48. The van der Waals surface area contributed by atoms with Crippen LogP contribution in [-0.4, -0.2) is 17.9 Å². The molecular formula is C9H8Cl2OS. The first-order valence-electron chi connectivity index (χ1n) is 3.61. The summed E-state index contributed by atoms with van der Waals surface area (Å²) >= 11 is 12.7. The molecule has 0 radical (unpaired) electrons.